The fraction of sp³-hybridized carbons (Fsp3) is 0.300. The third-order valence-corrected chi connectivity index (χ3v) is 2.48. The van der Waals surface area contributed by atoms with E-state index in [-0.39, 0.29) is 5.56 Å². The molecule has 0 radical (unpaired) electrons. The third kappa shape index (κ3) is 2.66. The highest BCUT2D eigenvalue weighted by atomic mass is 35.5. The number of benzene rings is 1. The minimum absolute atomic E-state index is 0.241. The molecule has 1 atom stereocenters. The Labute approximate surface area is 94.6 Å². The number of carboxylic acids is 1. The average Bonchev–Trinajstić information content (AvgIpc) is 2.14. The average molecular weight is 253 g/mol. The van der Waals surface area contributed by atoms with Gasteiger partial charge in [0.1, 0.15) is 0 Å². The van der Waals surface area contributed by atoms with E-state index < -0.39 is 28.6 Å². The number of hydrogen-bond acceptors (Lipinski definition) is 1. The predicted molar refractivity (Wildman–Crippen MR) is 52.5 cm³/mol. The van der Waals surface area contributed by atoms with Crippen LogP contribution in [0.5, 0.6) is 0 Å². The van der Waals surface area contributed by atoms with Crippen LogP contribution in [0.2, 0.25) is 5.02 Å². The maximum absolute atomic E-state index is 12.3. The highest BCUT2D eigenvalue weighted by Gasteiger charge is 2.33. The number of carbonyl (C=O) groups is 1. The van der Waals surface area contributed by atoms with Crippen LogP contribution in [-0.2, 0) is 11.0 Å². The van der Waals surface area contributed by atoms with Gasteiger partial charge in [-0.05, 0) is 24.6 Å². The second-order valence-corrected chi connectivity index (χ2v) is 3.70. The molecule has 0 saturated carbocycles. The van der Waals surface area contributed by atoms with Crippen LogP contribution in [0.1, 0.15) is 24.0 Å². The fourth-order valence-electron chi connectivity index (χ4n) is 1.17. The minimum atomic E-state index is -4.53. The third-order valence-electron chi connectivity index (χ3n) is 2.17. The number of aliphatic carboxylic acids is 1. The van der Waals surface area contributed by atoms with Crippen LogP contribution >= 0.6 is 11.6 Å². The maximum atomic E-state index is 12.3. The summed E-state index contributed by atoms with van der Waals surface area (Å²) in [5.41, 5.74) is -0.721. The number of alkyl halides is 3. The van der Waals surface area contributed by atoms with Gasteiger partial charge in [-0.2, -0.15) is 13.2 Å². The Hall–Kier alpha value is -1.23. The molecule has 1 N–H and O–H groups in total. The lowest BCUT2D eigenvalue weighted by Crippen LogP contribution is -2.10. The quantitative estimate of drug-likeness (QED) is 0.874. The van der Waals surface area contributed by atoms with E-state index in [1.807, 2.05) is 0 Å². The molecule has 0 aliphatic heterocycles. The van der Waals surface area contributed by atoms with Crippen molar-refractivity contribution in [3.63, 3.8) is 0 Å². The molecule has 1 aromatic rings. The van der Waals surface area contributed by atoms with E-state index in [4.69, 9.17) is 16.7 Å². The van der Waals surface area contributed by atoms with E-state index in [0.717, 1.165) is 18.2 Å². The summed E-state index contributed by atoms with van der Waals surface area (Å²) in [5.74, 6) is -2.00. The van der Waals surface area contributed by atoms with Crippen molar-refractivity contribution in [2.45, 2.75) is 19.0 Å². The van der Waals surface area contributed by atoms with Crippen LogP contribution in [0.3, 0.4) is 0 Å². The van der Waals surface area contributed by atoms with E-state index in [1.54, 1.807) is 0 Å². The van der Waals surface area contributed by atoms with Gasteiger partial charge >= 0.3 is 12.1 Å². The lowest BCUT2D eigenvalue weighted by atomic mass is 10.00. The number of carboxylic acid groups (broad SMARTS) is 1. The second-order valence-electron chi connectivity index (χ2n) is 3.30. The van der Waals surface area contributed by atoms with E-state index in [2.05, 4.69) is 0 Å². The van der Waals surface area contributed by atoms with Gasteiger partial charge in [-0.25, -0.2) is 0 Å². The molecule has 0 spiro atoms. The molecule has 1 unspecified atom stereocenters. The van der Waals surface area contributed by atoms with Gasteiger partial charge < -0.3 is 5.11 Å². The smallest absolute Gasteiger partial charge is 0.417 e. The molecular formula is C10H8ClF3O2. The second kappa shape index (κ2) is 4.33. The van der Waals surface area contributed by atoms with Gasteiger partial charge in [0.2, 0.25) is 0 Å². The zero-order chi connectivity index (χ0) is 12.5. The molecule has 0 bridgehead atoms. The van der Waals surface area contributed by atoms with Crippen LogP contribution in [0, 0.1) is 0 Å². The number of rotatable bonds is 2. The van der Waals surface area contributed by atoms with Gasteiger partial charge in [0.15, 0.2) is 0 Å². The van der Waals surface area contributed by atoms with Crippen LogP contribution in [0.4, 0.5) is 13.2 Å². The number of hydrogen-bond donors (Lipinski definition) is 1. The topological polar surface area (TPSA) is 37.3 Å². The van der Waals surface area contributed by atoms with Crippen LogP contribution in [-0.4, -0.2) is 11.1 Å². The summed E-state index contributed by atoms with van der Waals surface area (Å²) in [4.78, 5) is 10.6. The summed E-state index contributed by atoms with van der Waals surface area (Å²) in [6.45, 7) is 1.38. The minimum Gasteiger partial charge on any atom is -0.481 e. The highest BCUT2D eigenvalue weighted by molar-refractivity contribution is 6.31. The van der Waals surface area contributed by atoms with Gasteiger partial charge in [-0.1, -0.05) is 17.7 Å². The Morgan fingerprint density at radius 3 is 2.38 bits per heavy atom. The Morgan fingerprint density at radius 2 is 2.00 bits per heavy atom. The molecule has 2 nitrogen and oxygen atoms in total. The normalized spacial score (nSPS) is 13.6. The van der Waals surface area contributed by atoms with Crippen molar-refractivity contribution in [3.05, 3.63) is 34.3 Å². The molecule has 0 aliphatic carbocycles. The van der Waals surface area contributed by atoms with Gasteiger partial charge in [0, 0.05) is 0 Å². The molecule has 0 heterocycles. The van der Waals surface area contributed by atoms with E-state index in [0.29, 0.717) is 0 Å². The largest absolute Gasteiger partial charge is 0.481 e. The first-order valence-corrected chi connectivity index (χ1v) is 4.70. The molecule has 1 rings (SSSR count). The molecule has 88 valence electrons. The lowest BCUT2D eigenvalue weighted by molar-refractivity contribution is -0.138. The number of halogens is 4. The molecular weight excluding hydrogens is 245 g/mol. The van der Waals surface area contributed by atoms with Crippen LogP contribution < -0.4 is 0 Å². The SMILES string of the molecule is CC(C(=O)O)c1ccc(C(F)(F)F)c(Cl)c1. The Balaban J connectivity index is 3.14. The summed E-state index contributed by atoms with van der Waals surface area (Å²) in [6.07, 6.45) is -4.53. The molecule has 0 aliphatic rings. The monoisotopic (exact) mass is 252 g/mol. The van der Waals surface area contributed by atoms with Crippen molar-refractivity contribution in [3.8, 4) is 0 Å². The van der Waals surface area contributed by atoms with Gasteiger partial charge in [-0.15, -0.1) is 0 Å². The molecule has 16 heavy (non-hydrogen) atoms. The van der Waals surface area contributed by atoms with Crippen LogP contribution in [0.15, 0.2) is 18.2 Å². The van der Waals surface area contributed by atoms with Gasteiger partial charge in [-0.3, -0.25) is 4.79 Å². The zero-order valence-corrected chi connectivity index (χ0v) is 8.93. The van der Waals surface area contributed by atoms with E-state index in [9.17, 15) is 18.0 Å². The molecule has 0 fully saturated rings. The predicted octanol–water partition coefficient (Wildman–Crippen LogP) is 3.55. The van der Waals surface area contributed by atoms with Gasteiger partial charge in [0.05, 0.1) is 16.5 Å². The van der Waals surface area contributed by atoms with Crippen molar-refractivity contribution < 1.29 is 23.1 Å². The molecule has 6 heteroatoms. The van der Waals surface area contributed by atoms with Crippen molar-refractivity contribution in [2.24, 2.45) is 0 Å². The lowest BCUT2D eigenvalue weighted by Gasteiger charge is -2.12. The Kier molecular flexibility index (Phi) is 3.48. The Morgan fingerprint density at radius 1 is 1.44 bits per heavy atom. The standard InChI is InChI=1S/C10H8ClF3O2/c1-5(9(15)16)6-2-3-7(8(11)4-6)10(12,13)14/h2-5H,1H3,(H,15,16). The molecule has 1 aromatic carbocycles. The summed E-state index contributed by atoms with van der Waals surface area (Å²) in [6, 6.07) is 2.94. The Bertz CT molecular complexity index is 415. The molecule has 0 amide bonds. The van der Waals surface area contributed by atoms with E-state index >= 15 is 0 Å². The summed E-state index contributed by atoms with van der Waals surface area (Å²) >= 11 is 5.45. The van der Waals surface area contributed by atoms with Crippen molar-refractivity contribution in [2.75, 3.05) is 0 Å². The van der Waals surface area contributed by atoms with Gasteiger partial charge in [0.25, 0.3) is 0 Å². The zero-order valence-electron chi connectivity index (χ0n) is 8.18. The summed E-state index contributed by atoms with van der Waals surface area (Å²) in [5, 5.41) is 8.20. The first-order chi connectivity index (χ1) is 7.23. The van der Waals surface area contributed by atoms with Crippen molar-refractivity contribution in [1.29, 1.82) is 0 Å². The summed E-state index contributed by atoms with van der Waals surface area (Å²) < 4.78 is 37.0. The van der Waals surface area contributed by atoms with Crippen molar-refractivity contribution in [1.82, 2.24) is 0 Å². The van der Waals surface area contributed by atoms with E-state index in [1.165, 1.54) is 6.92 Å². The highest BCUT2D eigenvalue weighted by Crippen LogP contribution is 2.35. The molecule has 0 aromatic heterocycles. The van der Waals surface area contributed by atoms with Crippen molar-refractivity contribution >= 4 is 17.6 Å². The molecule has 0 saturated heterocycles. The fourth-order valence-corrected chi connectivity index (χ4v) is 1.47. The maximum Gasteiger partial charge on any atom is 0.417 e. The summed E-state index contributed by atoms with van der Waals surface area (Å²) in [7, 11) is 0. The first-order valence-electron chi connectivity index (χ1n) is 4.33. The first kappa shape index (κ1) is 12.8. The van der Waals surface area contributed by atoms with Crippen LogP contribution in [0.25, 0.3) is 0 Å².